The molecule has 0 bridgehead atoms. The maximum atomic E-state index is 5.65. The van der Waals surface area contributed by atoms with Gasteiger partial charge in [-0.1, -0.05) is 11.3 Å². The average molecular weight is 464 g/mol. The molecule has 33 heavy (non-hydrogen) atoms. The van der Waals surface area contributed by atoms with Gasteiger partial charge in [0.15, 0.2) is 5.01 Å². The number of nitrogens with zero attached hydrogens (tertiary/aromatic N) is 6. The summed E-state index contributed by atoms with van der Waals surface area (Å²) in [6, 6.07) is 4.93. The fourth-order valence-electron chi connectivity index (χ4n) is 4.66. The van der Waals surface area contributed by atoms with E-state index in [1.54, 1.807) is 23.7 Å². The molecule has 3 fully saturated rings. The third-order valence-electron chi connectivity index (χ3n) is 6.92. The molecular formula is C24H29N7OS. The molecule has 3 aromatic rings. The summed E-state index contributed by atoms with van der Waals surface area (Å²) in [6.45, 7) is 6.40. The molecule has 0 amide bonds. The maximum Gasteiger partial charge on any atom is 0.167 e. The Bertz CT molecular complexity index is 1110. The van der Waals surface area contributed by atoms with Gasteiger partial charge in [0, 0.05) is 25.3 Å². The first-order valence-electron chi connectivity index (χ1n) is 11.9. The summed E-state index contributed by atoms with van der Waals surface area (Å²) in [6.07, 6.45) is 10.8. The Morgan fingerprint density at radius 2 is 2.06 bits per heavy atom. The smallest absolute Gasteiger partial charge is 0.167 e. The number of hydrogen-bond donors (Lipinski definition) is 1. The molecule has 0 aromatic carbocycles. The average Bonchev–Trinajstić information content (AvgIpc) is 3.52. The Hall–Kier alpha value is -2.49. The third kappa shape index (κ3) is 4.25. The van der Waals surface area contributed by atoms with Gasteiger partial charge < -0.3 is 15.0 Å². The molecule has 6 rings (SSSR count). The van der Waals surface area contributed by atoms with Gasteiger partial charge >= 0.3 is 0 Å². The molecule has 1 saturated carbocycles. The zero-order valence-electron chi connectivity index (χ0n) is 18.9. The van der Waals surface area contributed by atoms with Crippen molar-refractivity contribution in [2.75, 3.05) is 37.7 Å². The molecule has 1 aliphatic carbocycles. The molecule has 172 valence electrons. The summed E-state index contributed by atoms with van der Waals surface area (Å²) in [7, 11) is 0. The van der Waals surface area contributed by atoms with E-state index >= 15 is 0 Å². The predicted molar refractivity (Wildman–Crippen MR) is 127 cm³/mol. The molecule has 9 heteroatoms. The van der Waals surface area contributed by atoms with Gasteiger partial charge in [0.1, 0.15) is 16.1 Å². The van der Waals surface area contributed by atoms with Crippen molar-refractivity contribution in [2.45, 2.75) is 44.1 Å². The van der Waals surface area contributed by atoms with Crippen LogP contribution in [0.25, 0.3) is 10.7 Å². The highest BCUT2D eigenvalue weighted by atomic mass is 32.1. The first kappa shape index (κ1) is 21.1. The Morgan fingerprint density at radius 3 is 2.79 bits per heavy atom. The number of nitrogens with one attached hydrogen (secondary N) is 1. The van der Waals surface area contributed by atoms with Crippen LogP contribution in [0.2, 0.25) is 0 Å². The molecule has 1 N–H and O–H groups in total. The fourth-order valence-corrected chi connectivity index (χ4v) is 5.63. The second-order valence-corrected chi connectivity index (χ2v) is 10.5. The Labute approximate surface area is 197 Å². The minimum absolute atomic E-state index is 0.331. The van der Waals surface area contributed by atoms with Crippen molar-refractivity contribution in [3.63, 3.8) is 0 Å². The van der Waals surface area contributed by atoms with Crippen LogP contribution in [0.4, 0.5) is 5.69 Å². The number of pyridine rings is 1. The van der Waals surface area contributed by atoms with Crippen molar-refractivity contribution in [1.82, 2.24) is 30.5 Å². The first-order valence-corrected chi connectivity index (χ1v) is 12.7. The van der Waals surface area contributed by atoms with Crippen molar-refractivity contribution < 1.29 is 4.74 Å². The minimum Gasteiger partial charge on any atom is -0.378 e. The molecule has 8 nitrogen and oxygen atoms in total. The molecule has 1 atom stereocenters. The quantitative estimate of drug-likeness (QED) is 0.572. The van der Waals surface area contributed by atoms with E-state index in [1.165, 1.54) is 37.9 Å². The summed E-state index contributed by atoms with van der Waals surface area (Å²) in [4.78, 5) is 16.1. The third-order valence-corrected chi connectivity index (χ3v) is 8.07. The van der Waals surface area contributed by atoms with E-state index in [1.807, 2.05) is 13.1 Å². The molecule has 0 spiro atoms. The molecule has 0 unspecified atom stereocenters. The largest absolute Gasteiger partial charge is 0.378 e. The first-order chi connectivity index (χ1) is 16.2. The summed E-state index contributed by atoms with van der Waals surface area (Å²) in [5.41, 5.74) is 3.48. The van der Waals surface area contributed by atoms with Gasteiger partial charge in [0.2, 0.25) is 0 Å². The highest BCUT2D eigenvalue weighted by molar-refractivity contribution is 7.14. The van der Waals surface area contributed by atoms with Crippen LogP contribution in [0.1, 0.15) is 42.1 Å². The van der Waals surface area contributed by atoms with Gasteiger partial charge in [-0.25, -0.2) is 4.98 Å². The lowest BCUT2D eigenvalue weighted by Crippen LogP contribution is -2.48. The fraction of sp³-hybridized carbons (Fsp3) is 0.542. The van der Waals surface area contributed by atoms with Crippen LogP contribution in [0.15, 0.2) is 30.7 Å². The van der Waals surface area contributed by atoms with E-state index in [0.29, 0.717) is 19.3 Å². The Morgan fingerprint density at radius 1 is 1.15 bits per heavy atom. The monoisotopic (exact) mass is 463 g/mol. The molecule has 3 aromatic heterocycles. The lowest BCUT2D eigenvalue weighted by Gasteiger charge is -2.39. The van der Waals surface area contributed by atoms with Crippen LogP contribution in [-0.2, 0) is 10.2 Å². The van der Waals surface area contributed by atoms with E-state index in [4.69, 9.17) is 9.72 Å². The zero-order chi connectivity index (χ0) is 22.3. The van der Waals surface area contributed by atoms with Crippen molar-refractivity contribution in [3.05, 3.63) is 47.1 Å². The summed E-state index contributed by atoms with van der Waals surface area (Å²) >= 11 is 1.55. The molecule has 0 radical (unpaired) electrons. The topological polar surface area (TPSA) is 89.0 Å². The number of anilines is 1. The summed E-state index contributed by atoms with van der Waals surface area (Å²) in [5.74, 6) is 0.918. The van der Waals surface area contributed by atoms with Gasteiger partial charge in [0.25, 0.3) is 0 Å². The molecule has 3 aliphatic rings. The molecule has 2 saturated heterocycles. The normalized spacial score (nSPS) is 22.2. The lowest BCUT2D eigenvalue weighted by atomic mass is 9.82. The van der Waals surface area contributed by atoms with Crippen LogP contribution < -0.4 is 10.2 Å². The zero-order valence-corrected chi connectivity index (χ0v) is 19.7. The summed E-state index contributed by atoms with van der Waals surface area (Å²) < 4.78 is 5.65. The second-order valence-electron chi connectivity index (χ2n) is 9.57. The van der Waals surface area contributed by atoms with Gasteiger partial charge in [-0.2, -0.15) is 0 Å². The van der Waals surface area contributed by atoms with E-state index in [2.05, 4.69) is 42.5 Å². The van der Waals surface area contributed by atoms with Crippen LogP contribution in [-0.4, -0.2) is 64.0 Å². The van der Waals surface area contributed by atoms with E-state index < -0.39 is 0 Å². The van der Waals surface area contributed by atoms with E-state index in [9.17, 15) is 0 Å². The van der Waals surface area contributed by atoms with Gasteiger partial charge in [-0.3, -0.25) is 9.97 Å². The summed E-state index contributed by atoms with van der Waals surface area (Å²) in [5, 5.41) is 14.4. The van der Waals surface area contributed by atoms with Crippen LogP contribution in [0.3, 0.4) is 0 Å². The molecular weight excluding hydrogens is 434 g/mol. The minimum atomic E-state index is -0.331. The molecule has 2 aliphatic heterocycles. The Balaban J connectivity index is 1.19. The highest BCUT2D eigenvalue weighted by Gasteiger charge is 2.47. The molecule has 5 heterocycles. The van der Waals surface area contributed by atoms with Crippen molar-refractivity contribution in [3.8, 4) is 10.7 Å². The lowest BCUT2D eigenvalue weighted by molar-refractivity contribution is -0.0403. The second kappa shape index (κ2) is 8.70. The van der Waals surface area contributed by atoms with Crippen LogP contribution in [0, 0.1) is 12.8 Å². The van der Waals surface area contributed by atoms with Crippen LogP contribution in [0.5, 0.6) is 0 Å². The van der Waals surface area contributed by atoms with Gasteiger partial charge in [-0.05, 0) is 57.2 Å². The van der Waals surface area contributed by atoms with E-state index in [-0.39, 0.29) is 5.41 Å². The number of hydrogen-bond acceptors (Lipinski definition) is 9. The number of aromatic nitrogens is 5. The maximum absolute atomic E-state index is 5.65. The van der Waals surface area contributed by atoms with Crippen LogP contribution >= 0.6 is 11.3 Å². The number of piperidine rings is 1. The Kier molecular flexibility index (Phi) is 5.55. The van der Waals surface area contributed by atoms with Crippen molar-refractivity contribution in [2.24, 2.45) is 5.92 Å². The number of aryl methyl sites for hydroxylation is 1. The standard InChI is InChI=1S/C24H29N7OS/c1-16-9-25-12-20(28-16)22-29-30-23(33-22)24(14-32-15-24)21-7-6-19(11-27-21)31-8-2-3-18(13-31)26-10-17-4-5-17/h6-7,9,11-12,17-18,26H,2-5,8,10,13-15H2,1H3/t18-/m1/s1. The van der Waals surface area contributed by atoms with Gasteiger partial charge in [0.05, 0.1) is 42.7 Å². The number of rotatable bonds is 7. The number of ether oxygens (including phenoxy) is 1. The van der Waals surface area contributed by atoms with Crippen molar-refractivity contribution in [1.29, 1.82) is 0 Å². The SMILES string of the molecule is Cc1cncc(-c2nnc(C3(c4ccc(N5CCC[C@@H](NCC6CC6)C5)cn4)COC3)s2)n1. The predicted octanol–water partition coefficient (Wildman–Crippen LogP) is 2.98. The van der Waals surface area contributed by atoms with Gasteiger partial charge in [-0.15, -0.1) is 10.2 Å². The highest BCUT2D eigenvalue weighted by Crippen LogP contribution is 2.41. The van der Waals surface area contributed by atoms with E-state index in [0.717, 1.165) is 46.1 Å². The van der Waals surface area contributed by atoms with Crippen molar-refractivity contribution >= 4 is 17.0 Å².